The summed E-state index contributed by atoms with van der Waals surface area (Å²) >= 11 is 13.0. The van der Waals surface area contributed by atoms with Crippen LogP contribution in [0.3, 0.4) is 0 Å². The molecule has 2 aromatic rings. The van der Waals surface area contributed by atoms with Crippen molar-refractivity contribution >= 4 is 34.7 Å². The molecule has 3 nitrogen and oxygen atoms in total. The zero-order valence-corrected chi connectivity index (χ0v) is 18.3. The number of anilines is 1. The van der Waals surface area contributed by atoms with Crippen LogP contribution in [0.1, 0.15) is 54.2 Å². The summed E-state index contributed by atoms with van der Waals surface area (Å²) in [5.41, 5.74) is 5.19. The molecule has 2 aromatic carbocycles. The van der Waals surface area contributed by atoms with Gasteiger partial charge in [-0.2, -0.15) is 0 Å². The van der Waals surface area contributed by atoms with E-state index in [4.69, 9.17) is 23.2 Å². The SMILES string of the molecule is CC(C)(C)CC(=O)c1ccc(CNc2c(Cl)ccc3c2CCNCC3)c(Cl)c1. The van der Waals surface area contributed by atoms with Crippen molar-refractivity contribution in [2.75, 3.05) is 18.4 Å². The second kappa shape index (κ2) is 8.86. The van der Waals surface area contributed by atoms with Gasteiger partial charge in [-0.3, -0.25) is 4.79 Å². The molecule has 5 heteroatoms. The van der Waals surface area contributed by atoms with Gasteiger partial charge in [0, 0.05) is 23.6 Å². The van der Waals surface area contributed by atoms with E-state index in [1.54, 1.807) is 6.07 Å². The zero-order chi connectivity index (χ0) is 20.3. The number of rotatable bonds is 5. The van der Waals surface area contributed by atoms with Gasteiger partial charge in [0.1, 0.15) is 0 Å². The van der Waals surface area contributed by atoms with Crippen molar-refractivity contribution in [2.24, 2.45) is 5.41 Å². The lowest BCUT2D eigenvalue weighted by Crippen LogP contribution is -2.16. The summed E-state index contributed by atoms with van der Waals surface area (Å²) in [5, 5.41) is 8.25. The first-order chi connectivity index (χ1) is 13.2. The Morgan fingerprint density at radius 3 is 2.54 bits per heavy atom. The molecule has 0 aromatic heterocycles. The van der Waals surface area contributed by atoms with Gasteiger partial charge in [0.2, 0.25) is 0 Å². The Morgan fingerprint density at radius 2 is 1.82 bits per heavy atom. The molecule has 0 bridgehead atoms. The van der Waals surface area contributed by atoms with E-state index in [0.29, 0.717) is 23.6 Å². The summed E-state index contributed by atoms with van der Waals surface area (Å²) in [6.07, 6.45) is 2.46. The molecule has 150 valence electrons. The molecule has 2 N–H and O–H groups in total. The number of nitrogens with one attached hydrogen (secondary N) is 2. The highest BCUT2D eigenvalue weighted by molar-refractivity contribution is 6.33. The van der Waals surface area contributed by atoms with Crippen molar-refractivity contribution < 1.29 is 4.79 Å². The molecule has 0 radical (unpaired) electrons. The van der Waals surface area contributed by atoms with Gasteiger partial charge >= 0.3 is 0 Å². The first kappa shape index (κ1) is 21.2. The molecule has 1 heterocycles. The van der Waals surface area contributed by atoms with E-state index in [1.807, 2.05) is 18.2 Å². The highest BCUT2D eigenvalue weighted by Gasteiger charge is 2.19. The highest BCUT2D eigenvalue weighted by atomic mass is 35.5. The van der Waals surface area contributed by atoms with Crippen molar-refractivity contribution in [3.63, 3.8) is 0 Å². The van der Waals surface area contributed by atoms with E-state index in [-0.39, 0.29) is 11.2 Å². The normalized spacial score (nSPS) is 14.3. The average molecular weight is 419 g/mol. The molecule has 0 saturated heterocycles. The van der Waals surface area contributed by atoms with Crippen molar-refractivity contribution in [3.8, 4) is 0 Å². The van der Waals surface area contributed by atoms with Crippen LogP contribution >= 0.6 is 23.2 Å². The van der Waals surface area contributed by atoms with E-state index in [9.17, 15) is 4.79 Å². The number of benzene rings is 2. The summed E-state index contributed by atoms with van der Waals surface area (Å²) in [4.78, 5) is 12.4. The second-order valence-corrected chi connectivity index (χ2v) is 9.44. The van der Waals surface area contributed by atoms with Crippen LogP contribution in [0.4, 0.5) is 5.69 Å². The number of carbonyl (C=O) groups excluding carboxylic acids is 1. The van der Waals surface area contributed by atoms with E-state index in [0.717, 1.165) is 42.2 Å². The predicted octanol–water partition coefficient (Wildman–Crippen LogP) is 5.91. The van der Waals surface area contributed by atoms with E-state index >= 15 is 0 Å². The third kappa shape index (κ3) is 5.28. The van der Waals surface area contributed by atoms with Gasteiger partial charge in [-0.05, 0) is 60.2 Å². The van der Waals surface area contributed by atoms with Crippen LogP contribution < -0.4 is 10.6 Å². The number of Topliss-reactive ketones (excluding diaryl/α,β-unsaturated/α-hetero) is 1. The fraction of sp³-hybridized carbons (Fsp3) is 0.435. The summed E-state index contributed by atoms with van der Waals surface area (Å²) < 4.78 is 0. The van der Waals surface area contributed by atoms with Gasteiger partial charge < -0.3 is 10.6 Å². The predicted molar refractivity (Wildman–Crippen MR) is 119 cm³/mol. The molecule has 3 rings (SSSR count). The van der Waals surface area contributed by atoms with Crippen LogP contribution in [0, 0.1) is 5.41 Å². The van der Waals surface area contributed by atoms with E-state index < -0.39 is 0 Å². The van der Waals surface area contributed by atoms with Crippen LogP contribution in [0.2, 0.25) is 10.0 Å². The van der Waals surface area contributed by atoms with Gasteiger partial charge in [0.25, 0.3) is 0 Å². The maximum absolute atomic E-state index is 12.4. The zero-order valence-electron chi connectivity index (χ0n) is 16.8. The van der Waals surface area contributed by atoms with Crippen molar-refractivity contribution in [3.05, 3.63) is 62.6 Å². The number of hydrogen-bond donors (Lipinski definition) is 2. The summed E-state index contributed by atoms with van der Waals surface area (Å²) in [5.74, 6) is 0.123. The number of halogens is 2. The quantitative estimate of drug-likeness (QED) is 0.592. The van der Waals surface area contributed by atoms with E-state index in [1.165, 1.54) is 11.1 Å². The Morgan fingerprint density at radius 1 is 1.07 bits per heavy atom. The van der Waals surface area contributed by atoms with Crippen LogP contribution in [0.15, 0.2) is 30.3 Å². The van der Waals surface area contributed by atoms with Crippen molar-refractivity contribution in [1.29, 1.82) is 0 Å². The third-order valence-electron chi connectivity index (χ3n) is 5.00. The maximum Gasteiger partial charge on any atom is 0.163 e. The summed E-state index contributed by atoms with van der Waals surface area (Å²) in [6.45, 7) is 8.69. The highest BCUT2D eigenvalue weighted by Crippen LogP contribution is 2.32. The van der Waals surface area contributed by atoms with Gasteiger partial charge in [-0.1, -0.05) is 62.2 Å². The molecule has 0 unspecified atom stereocenters. The van der Waals surface area contributed by atoms with Gasteiger partial charge in [-0.15, -0.1) is 0 Å². The van der Waals surface area contributed by atoms with Crippen LogP contribution in [-0.2, 0) is 19.4 Å². The number of ketones is 1. The minimum Gasteiger partial charge on any atom is -0.379 e. The first-order valence-electron chi connectivity index (χ1n) is 9.81. The van der Waals surface area contributed by atoms with Crippen LogP contribution in [0.25, 0.3) is 0 Å². The number of hydrogen-bond acceptors (Lipinski definition) is 3. The summed E-state index contributed by atoms with van der Waals surface area (Å²) in [6, 6.07) is 9.67. The van der Waals surface area contributed by atoms with Gasteiger partial charge in [0.05, 0.1) is 10.7 Å². The molecule has 0 fully saturated rings. The number of carbonyl (C=O) groups is 1. The Hall–Kier alpha value is -1.55. The fourth-order valence-corrected chi connectivity index (χ4v) is 4.06. The molecule has 1 aliphatic heterocycles. The lowest BCUT2D eigenvalue weighted by atomic mass is 9.88. The smallest absolute Gasteiger partial charge is 0.163 e. The standard InChI is InChI=1S/C23H28Cl2N2O/c1-23(2,3)13-21(28)16-4-5-17(20(25)12-16)14-27-22-18-9-11-26-10-8-15(18)6-7-19(22)24/h4-7,12,26-27H,8-11,13-14H2,1-3H3. The molecule has 28 heavy (non-hydrogen) atoms. The topological polar surface area (TPSA) is 41.1 Å². The fourth-order valence-electron chi connectivity index (χ4n) is 3.57. The molecular weight excluding hydrogens is 391 g/mol. The molecule has 0 saturated carbocycles. The lowest BCUT2D eigenvalue weighted by molar-refractivity contribution is 0.0940. The Kier molecular flexibility index (Phi) is 6.69. The summed E-state index contributed by atoms with van der Waals surface area (Å²) in [7, 11) is 0. The Balaban J connectivity index is 1.76. The molecular formula is C23H28Cl2N2O. The number of fused-ring (bicyclic) bond motifs is 1. The van der Waals surface area contributed by atoms with Crippen molar-refractivity contribution in [1.82, 2.24) is 5.32 Å². The molecule has 1 aliphatic rings. The third-order valence-corrected chi connectivity index (χ3v) is 5.67. The van der Waals surface area contributed by atoms with Crippen molar-refractivity contribution in [2.45, 2.75) is 46.6 Å². The van der Waals surface area contributed by atoms with E-state index in [2.05, 4.69) is 37.5 Å². The molecule has 0 atom stereocenters. The van der Waals surface area contributed by atoms with Crippen LogP contribution in [0.5, 0.6) is 0 Å². The van der Waals surface area contributed by atoms with Gasteiger partial charge in [0.15, 0.2) is 5.78 Å². The van der Waals surface area contributed by atoms with Gasteiger partial charge in [-0.25, -0.2) is 0 Å². The largest absolute Gasteiger partial charge is 0.379 e. The maximum atomic E-state index is 12.4. The Labute approximate surface area is 177 Å². The Bertz CT molecular complexity index is 872. The second-order valence-electron chi connectivity index (χ2n) is 8.63. The minimum atomic E-state index is -0.0412. The van der Waals surface area contributed by atoms with Crippen LogP contribution in [-0.4, -0.2) is 18.9 Å². The molecule has 0 aliphatic carbocycles. The molecule has 0 spiro atoms. The first-order valence-corrected chi connectivity index (χ1v) is 10.6. The lowest BCUT2D eigenvalue weighted by Gasteiger charge is -2.18. The molecule has 0 amide bonds. The average Bonchev–Trinajstić information content (AvgIpc) is 2.86. The monoisotopic (exact) mass is 418 g/mol. The minimum absolute atomic E-state index is 0.0412.